The minimum absolute atomic E-state index is 0.132. The van der Waals surface area contributed by atoms with Crippen molar-refractivity contribution in [3.63, 3.8) is 0 Å². The van der Waals surface area contributed by atoms with Gasteiger partial charge in [0.1, 0.15) is 0 Å². The second-order valence-corrected chi connectivity index (χ2v) is 6.90. The molecule has 0 amide bonds. The third-order valence-corrected chi connectivity index (χ3v) is 4.29. The average molecular weight is 388 g/mol. The number of rotatable bonds is 1. The molecular weight excluding hydrogens is 369 g/mol. The maximum Gasteiger partial charge on any atom is 0.393 e. The third kappa shape index (κ3) is 6.30. The van der Waals surface area contributed by atoms with Crippen LogP contribution in [0.3, 0.4) is 0 Å². The van der Waals surface area contributed by atoms with Gasteiger partial charge in [-0.3, -0.25) is 0 Å². The summed E-state index contributed by atoms with van der Waals surface area (Å²) in [6, 6.07) is 20.0. The summed E-state index contributed by atoms with van der Waals surface area (Å²) in [6.07, 6.45) is -5.35. The summed E-state index contributed by atoms with van der Waals surface area (Å²) in [6.45, 7) is 3.95. The molecule has 0 aliphatic heterocycles. The zero-order valence-electron chi connectivity index (χ0n) is 16.2. The number of hydrogen-bond donors (Lipinski definition) is 0. The van der Waals surface area contributed by atoms with Gasteiger partial charge in [0.2, 0.25) is 0 Å². The van der Waals surface area contributed by atoms with E-state index in [0.29, 0.717) is 11.1 Å². The highest BCUT2D eigenvalue weighted by Gasteiger charge is 2.28. The van der Waals surface area contributed by atoms with Gasteiger partial charge in [-0.25, -0.2) is 0 Å². The van der Waals surface area contributed by atoms with E-state index in [2.05, 4.69) is 23.7 Å². The predicted molar refractivity (Wildman–Crippen MR) is 111 cm³/mol. The van der Waals surface area contributed by atoms with E-state index < -0.39 is 12.6 Å². The first-order valence-corrected chi connectivity index (χ1v) is 9.15. The molecule has 3 aromatic carbocycles. The van der Waals surface area contributed by atoms with Crippen LogP contribution in [0.5, 0.6) is 0 Å². The van der Waals surface area contributed by atoms with Gasteiger partial charge in [0.05, 0.1) is 6.42 Å². The van der Waals surface area contributed by atoms with E-state index >= 15 is 0 Å². The summed E-state index contributed by atoms with van der Waals surface area (Å²) < 4.78 is 39.2. The quantitative estimate of drug-likeness (QED) is 0.435. The zero-order chi connectivity index (χ0) is 20.9. The van der Waals surface area contributed by atoms with Gasteiger partial charge in [-0.2, -0.15) is 13.2 Å². The molecular formula is C26H19F3. The highest BCUT2D eigenvalue weighted by molar-refractivity contribution is 5.52. The van der Waals surface area contributed by atoms with Crippen molar-refractivity contribution in [3.8, 4) is 23.7 Å². The Balaban J connectivity index is 1.93. The van der Waals surface area contributed by atoms with E-state index in [-0.39, 0.29) is 5.56 Å². The summed E-state index contributed by atoms with van der Waals surface area (Å²) in [7, 11) is 0. The van der Waals surface area contributed by atoms with Crippen LogP contribution in [0.4, 0.5) is 13.2 Å². The summed E-state index contributed by atoms with van der Waals surface area (Å²) >= 11 is 0. The van der Waals surface area contributed by atoms with Gasteiger partial charge in [-0.15, -0.1) is 0 Å². The molecule has 3 rings (SSSR count). The second-order valence-electron chi connectivity index (χ2n) is 6.90. The molecule has 0 heterocycles. The lowest BCUT2D eigenvalue weighted by atomic mass is 10.0. The summed E-state index contributed by atoms with van der Waals surface area (Å²) in [5.41, 5.74) is 4.83. The molecule has 3 aromatic rings. The lowest BCUT2D eigenvalue weighted by molar-refractivity contribution is -0.127. The van der Waals surface area contributed by atoms with Crippen LogP contribution < -0.4 is 0 Å². The lowest BCUT2D eigenvalue weighted by Gasteiger charge is -2.09. The van der Waals surface area contributed by atoms with E-state index in [4.69, 9.17) is 0 Å². The van der Waals surface area contributed by atoms with Gasteiger partial charge >= 0.3 is 6.18 Å². The Morgan fingerprint density at radius 3 is 1.59 bits per heavy atom. The van der Waals surface area contributed by atoms with Crippen LogP contribution in [0.15, 0.2) is 66.7 Å². The molecule has 3 heteroatoms. The zero-order valence-corrected chi connectivity index (χ0v) is 16.2. The van der Waals surface area contributed by atoms with Gasteiger partial charge in [0.25, 0.3) is 0 Å². The number of hydrogen-bond acceptors (Lipinski definition) is 0. The first-order valence-electron chi connectivity index (χ1n) is 9.15. The van der Waals surface area contributed by atoms with Crippen LogP contribution in [0.25, 0.3) is 0 Å². The van der Waals surface area contributed by atoms with E-state index in [1.165, 1.54) is 6.07 Å². The van der Waals surface area contributed by atoms with Crippen molar-refractivity contribution in [2.24, 2.45) is 0 Å². The van der Waals surface area contributed by atoms with Gasteiger partial charge < -0.3 is 0 Å². The van der Waals surface area contributed by atoms with E-state index in [1.54, 1.807) is 12.1 Å². The van der Waals surface area contributed by atoms with Gasteiger partial charge in [-0.05, 0) is 61.9 Å². The van der Waals surface area contributed by atoms with Crippen molar-refractivity contribution >= 4 is 0 Å². The second kappa shape index (κ2) is 8.72. The van der Waals surface area contributed by atoms with Gasteiger partial charge in [0.15, 0.2) is 0 Å². The van der Waals surface area contributed by atoms with Crippen molar-refractivity contribution in [1.29, 1.82) is 0 Å². The number of benzene rings is 3. The van der Waals surface area contributed by atoms with Crippen molar-refractivity contribution in [1.82, 2.24) is 0 Å². The van der Waals surface area contributed by atoms with Crippen molar-refractivity contribution < 1.29 is 13.2 Å². The summed E-state index contributed by atoms with van der Waals surface area (Å²) in [5, 5.41) is 0. The Hall–Kier alpha value is -3.43. The Morgan fingerprint density at radius 1 is 0.621 bits per heavy atom. The number of halogens is 3. The van der Waals surface area contributed by atoms with Gasteiger partial charge in [-0.1, -0.05) is 59.1 Å². The Labute approximate surface area is 169 Å². The molecule has 0 aromatic heterocycles. The maximum absolute atomic E-state index is 13.1. The largest absolute Gasteiger partial charge is 0.393 e. The average Bonchev–Trinajstić information content (AvgIpc) is 2.67. The molecule has 0 spiro atoms. The molecule has 0 radical (unpaired) electrons. The molecule has 0 saturated heterocycles. The normalized spacial score (nSPS) is 10.5. The molecule has 0 bridgehead atoms. The highest BCUT2D eigenvalue weighted by Crippen LogP contribution is 2.24. The molecule has 0 unspecified atom stereocenters. The number of alkyl halides is 3. The standard InChI is InChI=1S/C26H19F3/c1-19-3-7-21(8-4-19)11-12-23-14-16-24(25(17-23)18-26(27,28)29)15-13-22-9-5-20(2)6-10-22/h3-10,14,16-17H,18H2,1-2H3. The fraction of sp³-hybridized carbons (Fsp3) is 0.154. The summed E-state index contributed by atoms with van der Waals surface area (Å²) in [5.74, 6) is 11.8. The predicted octanol–water partition coefficient (Wildman–Crippen LogP) is 6.21. The minimum Gasteiger partial charge on any atom is -0.171 e. The molecule has 0 saturated carbocycles. The molecule has 0 aliphatic rings. The van der Waals surface area contributed by atoms with E-state index in [9.17, 15) is 13.2 Å². The van der Waals surface area contributed by atoms with Crippen LogP contribution in [0, 0.1) is 37.5 Å². The van der Waals surface area contributed by atoms with Gasteiger partial charge in [0, 0.05) is 22.3 Å². The lowest BCUT2D eigenvalue weighted by Crippen LogP contribution is -2.12. The molecule has 29 heavy (non-hydrogen) atoms. The minimum atomic E-state index is -4.32. The monoisotopic (exact) mass is 388 g/mol. The fourth-order valence-electron chi connectivity index (χ4n) is 2.71. The Morgan fingerprint density at radius 2 is 1.07 bits per heavy atom. The van der Waals surface area contributed by atoms with Crippen LogP contribution >= 0.6 is 0 Å². The SMILES string of the molecule is Cc1ccc(C#Cc2ccc(C#Cc3ccc(C)cc3)c(CC(F)(F)F)c2)cc1. The number of aryl methyl sites for hydroxylation is 2. The Bertz CT molecular complexity index is 1110. The van der Waals surface area contributed by atoms with Crippen molar-refractivity contribution in [2.75, 3.05) is 0 Å². The highest BCUT2D eigenvalue weighted by atomic mass is 19.4. The van der Waals surface area contributed by atoms with Crippen LogP contribution in [-0.4, -0.2) is 6.18 Å². The molecule has 0 atom stereocenters. The molecule has 0 aliphatic carbocycles. The van der Waals surface area contributed by atoms with E-state index in [1.807, 2.05) is 62.4 Å². The maximum atomic E-state index is 13.1. The Kier molecular flexibility index (Phi) is 6.10. The molecule has 144 valence electrons. The van der Waals surface area contributed by atoms with Crippen molar-refractivity contribution in [3.05, 3.63) is 106 Å². The van der Waals surface area contributed by atoms with Crippen LogP contribution in [-0.2, 0) is 6.42 Å². The summed E-state index contributed by atoms with van der Waals surface area (Å²) in [4.78, 5) is 0. The molecule has 0 nitrogen and oxygen atoms in total. The fourth-order valence-corrected chi connectivity index (χ4v) is 2.71. The van der Waals surface area contributed by atoms with Crippen LogP contribution in [0.2, 0.25) is 0 Å². The third-order valence-electron chi connectivity index (χ3n) is 4.29. The van der Waals surface area contributed by atoms with Crippen molar-refractivity contribution in [2.45, 2.75) is 26.4 Å². The first-order chi connectivity index (χ1) is 13.8. The molecule has 0 fully saturated rings. The smallest absolute Gasteiger partial charge is 0.171 e. The first kappa shape index (κ1) is 20.3. The molecule has 0 N–H and O–H groups in total. The van der Waals surface area contributed by atoms with E-state index in [0.717, 1.165) is 22.3 Å². The topological polar surface area (TPSA) is 0 Å². The van der Waals surface area contributed by atoms with Crippen LogP contribution in [0.1, 0.15) is 38.9 Å².